The average Bonchev–Trinajstić information content (AvgIpc) is 3.22. The second kappa shape index (κ2) is 5.64. The van der Waals surface area contributed by atoms with Crippen molar-refractivity contribution in [2.24, 2.45) is 5.92 Å². The van der Waals surface area contributed by atoms with E-state index in [2.05, 4.69) is 48.3 Å². The zero-order valence-corrected chi connectivity index (χ0v) is 12.2. The van der Waals surface area contributed by atoms with Gasteiger partial charge in [-0.05, 0) is 56.7 Å². The zero-order chi connectivity index (χ0) is 13.2. The molecule has 1 atom stereocenters. The predicted octanol–water partition coefficient (Wildman–Crippen LogP) is 2.99. The summed E-state index contributed by atoms with van der Waals surface area (Å²) >= 11 is 0. The molecule has 1 fully saturated rings. The number of nitrogens with zero attached hydrogens (tertiary/aromatic N) is 1. The number of benzene rings is 1. The van der Waals surface area contributed by atoms with Gasteiger partial charge in [-0.25, -0.2) is 0 Å². The minimum atomic E-state index is 0.520. The SMILES string of the molecule is CC(C)N(CC1CC1)CC1NCCc2ccccc21. The zero-order valence-electron chi connectivity index (χ0n) is 12.2. The first kappa shape index (κ1) is 13.1. The summed E-state index contributed by atoms with van der Waals surface area (Å²) in [7, 11) is 0. The van der Waals surface area contributed by atoms with Gasteiger partial charge < -0.3 is 5.32 Å². The van der Waals surface area contributed by atoms with Crippen LogP contribution >= 0.6 is 0 Å². The lowest BCUT2D eigenvalue weighted by molar-refractivity contribution is 0.187. The molecule has 1 saturated carbocycles. The van der Waals surface area contributed by atoms with Crippen molar-refractivity contribution in [3.8, 4) is 0 Å². The first-order valence-electron chi connectivity index (χ1n) is 7.79. The van der Waals surface area contributed by atoms with Crippen LogP contribution in [0.1, 0.15) is 43.9 Å². The third-order valence-corrected chi connectivity index (χ3v) is 4.55. The summed E-state index contributed by atoms with van der Waals surface area (Å²) in [6, 6.07) is 10.1. The Morgan fingerprint density at radius 1 is 1.21 bits per heavy atom. The molecule has 0 aromatic heterocycles. The van der Waals surface area contributed by atoms with Crippen LogP contribution in [0.2, 0.25) is 0 Å². The first-order chi connectivity index (χ1) is 9.24. The van der Waals surface area contributed by atoms with E-state index in [1.807, 2.05) is 0 Å². The second-order valence-electron chi connectivity index (χ2n) is 6.45. The Morgan fingerprint density at radius 3 is 2.74 bits per heavy atom. The molecule has 1 aromatic carbocycles. The molecule has 2 aliphatic rings. The molecule has 104 valence electrons. The highest BCUT2D eigenvalue weighted by Gasteiger charge is 2.28. The largest absolute Gasteiger partial charge is 0.309 e. The van der Waals surface area contributed by atoms with Gasteiger partial charge in [-0.1, -0.05) is 24.3 Å². The van der Waals surface area contributed by atoms with E-state index in [4.69, 9.17) is 0 Å². The van der Waals surface area contributed by atoms with Crippen LogP contribution < -0.4 is 5.32 Å². The van der Waals surface area contributed by atoms with Crippen molar-refractivity contribution >= 4 is 0 Å². The van der Waals surface area contributed by atoms with E-state index >= 15 is 0 Å². The molecule has 1 aliphatic heterocycles. The molecule has 2 heteroatoms. The molecule has 0 bridgehead atoms. The average molecular weight is 258 g/mol. The Bertz CT molecular complexity index is 423. The maximum Gasteiger partial charge on any atom is 0.0452 e. The van der Waals surface area contributed by atoms with Gasteiger partial charge in [-0.2, -0.15) is 0 Å². The van der Waals surface area contributed by atoms with E-state index in [-0.39, 0.29) is 0 Å². The maximum atomic E-state index is 3.71. The van der Waals surface area contributed by atoms with Gasteiger partial charge >= 0.3 is 0 Å². The quantitative estimate of drug-likeness (QED) is 0.873. The summed E-state index contributed by atoms with van der Waals surface area (Å²) in [5, 5.41) is 3.71. The Labute approximate surface area is 117 Å². The third-order valence-electron chi connectivity index (χ3n) is 4.55. The molecular formula is C17H26N2. The van der Waals surface area contributed by atoms with Crippen LogP contribution in [0.15, 0.2) is 24.3 Å². The molecule has 1 aromatic rings. The lowest BCUT2D eigenvalue weighted by atomic mass is 9.94. The van der Waals surface area contributed by atoms with Crippen LogP contribution in [-0.4, -0.2) is 30.6 Å². The second-order valence-corrected chi connectivity index (χ2v) is 6.45. The van der Waals surface area contributed by atoms with E-state index in [1.165, 1.54) is 31.4 Å². The van der Waals surface area contributed by atoms with Crippen molar-refractivity contribution in [1.82, 2.24) is 10.2 Å². The lowest BCUT2D eigenvalue weighted by Crippen LogP contribution is -2.42. The molecule has 0 radical (unpaired) electrons. The molecular weight excluding hydrogens is 232 g/mol. The van der Waals surface area contributed by atoms with Gasteiger partial charge in [-0.15, -0.1) is 0 Å². The smallest absolute Gasteiger partial charge is 0.0452 e. The highest BCUT2D eigenvalue weighted by atomic mass is 15.2. The summed E-state index contributed by atoms with van der Waals surface area (Å²) in [6.45, 7) is 8.23. The van der Waals surface area contributed by atoms with Crippen LogP contribution in [0.5, 0.6) is 0 Å². The highest BCUT2D eigenvalue weighted by Crippen LogP contribution is 2.31. The number of hydrogen-bond acceptors (Lipinski definition) is 2. The molecule has 3 rings (SSSR count). The molecule has 19 heavy (non-hydrogen) atoms. The topological polar surface area (TPSA) is 15.3 Å². The van der Waals surface area contributed by atoms with Gasteiger partial charge in [0.1, 0.15) is 0 Å². The van der Waals surface area contributed by atoms with E-state index in [0.717, 1.165) is 19.0 Å². The molecule has 1 aliphatic carbocycles. The number of fused-ring (bicyclic) bond motifs is 1. The number of hydrogen-bond donors (Lipinski definition) is 1. The first-order valence-corrected chi connectivity index (χ1v) is 7.79. The van der Waals surface area contributed by atoms with Crippen molar-refractivity contribution < 1.29 is 0 Å². The predicted molar refractivity (Wildman–Crippen MR) is 80.3 cm³/mol. The van der Waals surface area contributed by atoms with Gasteiger partial charge in [0.2, 0.25) is 0 Å². The summed E-state index contributed by atoms with van der Waals surface area (Å²) < 4.78 is 0. The standard InChI is InChI=1S/C17H26N2/c1-13(2)19(11-14-7-8-14)12-17-16-6-4-3-5-15(16)9-10-18-17/h3-6,13-14,17-18H,7-12H2,1-2H3. The number of nitrogens with one attached hydrogen (secondary N) is 1. The molecule has 0 saturated heterocycles. The summed E-state index contributed by atoms with van der Waals surface area (Å²) in [4.78, 5) is 2.66. The Morgan fingerprint density at radius 2 is 2.00 bits per heavy atom. The van der Waals surface area contributed by atoms with Crippen LogP contribution in [0.25, 0.3) is 0 Å². The minimum absolute atomic E-state index is 0.520. The van der Waals surface area contributed by atoms with Crippen molar-refractivity contribution in [3.63, 3.8) is 0 Å². The Kier molecular flexibility index (Phi) is 3.90. The monoisotopic (exact) mass is 258 g/mol. The molecule has 1 N–H and O–H groups in total. The third kappa shape index (κ3) is 3.18. The molecule has 1 unspecified atom stereocenters. The van der Waals surface area contributed by atoms with Gasteiger partial charge in [0.25, 0.3) is 0 Å². The fraction of sp³-hybridized carbons (Fsp3) is 0.647. The van der Waals surface area contributed by atoms with Crippen LogP contribution in [-0.2, 0) is 6.42 Å². The molecule has 1 heterocycles. The van der Waals surface area contributed by atoms with Crippen molar-refractivity contribution in [2.75, 3.05) is 19.6 Å². The van der Waals surface area contributed by atoms with Gasteiger partial charge in [0, 0.05) is 25.2 Å². The summed E-state index contributed by atoms with van der Waals surface area (Å²) in [6.07, 6.45) is 4.06. The summed E-state index contributed by atoms with van der Waals surface area (Å²) in [5.74, 6) is 0.973. The van der Waals surface area contributed by atoms with E-state index in [9.17, 15) is 0 Å². The minimum Gasteiger partial charge on any atom is -0.309 e. The Hall–Kier alpha value is -0.860. The van der Waals surface area contributed by atoms with E-state index < -0.39 is 0 Å². The molecule has 2 nitrogen and oxygen atoms in total. The van der Waals surface area contributed by atoms with Crippen molar-refractivity contribution in [1.29, 1.82) is 0 Å². The van der Waals surface area contributed by atoms with E-state index in [1.54, 1.807) is 5.56 Å². The Balaban J connectivity index is 1.71. The number of rotatable bonds is 5. The van der Waals surface area contributed by atoms with Crippen LogP contribution in [0.4, 0.5) is 0 Å². The molecule has 0 amide bonds. The van der Waals surface area contributed by atoms with Gasteiger partial charge in [0.05, 0.1) is 0 Å². The maximum absolute atomic E-state index is 3.71. The van der Waals surface area contributed by atoms with Crippen molar-refractivity contribution in [3.05, 3.63) is 35.4 Å². The van der Waals surface area contributed by atoms with Gasteiger partial charge in [0.15, 0.2) is 0 Å². The summed E-state index contributed by atoms with van der Waals surface area (Å²) in [5.41, 5.74) is 3.07. The fourth-order valence-electron chi connectivity index (χ4n) is 3.12. The van der Waals surface area contributed by atoms with Gasteiger partial charge in [-0.3, -0.25) is 4.90 Å². The normalized spacial score (nSPS) is 22.8. The lowest BCUT2D eigenvalue weighted by Gasteiger charge is -2.34. The van der Waals surface area contributed by atoms with E-state index in [0.29, 0.717) is 12.1 Å². The van der Waals surface area contributed by atoms with Crippen LogP contribution in [0, 0.1) is 5.92 Å². The molecule has 0 spiro atoms. The fourth-order valence-corrected chi connectivity index (χ4v) is 3.12. The highest BCUT2D eigenvalue weighted by molar-refractivity contribution is 5.32. The van der Waals surface area contributed by atoms with Crippen molar-refractivity contribution in [2.45, 2.75) is 45.2 Å². The van der Waals surface area contributed by atoms with Crippen LogP contribution in [0.3, 0.4) is 0 Å².